The van der Waals surface area contributed by atoms with Gasteiger partial charge in [0.25, 0.3) is 0 Å². The minimum atomic E-state index is 0.0389. The molecule has 1 aromatic carbocycles. The summed E-state index contributed by atoms with van der Waals surface area (Å²) in [4.78, 5) is 11.0. The third-order valence-electron chi connectivity index (χ3n) is 3.58. The molecule has 21 heavy (non-hydrogen) atoms. The fraction of sp³-hybridized carbons (Fsp3) is 0.632. The average Bonchev–Trinajstić information content (AvgIpc) is 2.32. The van der Waals surface area contributed by atoms with E-state index in [1.54, 1.807) is 6.92 Å². The van der Waals surface area contributed by atoms with Crippen LogP contribution in [0.2, 0.25) is 0 Å². The van der Waals surface area contributed by atoms with Crippen LogP contribution in [0.15, 0.2) is 18.2 Å². The van der Waals surface area contributed by atoms with E-state index in [9.17, 15) is 4.79 Å². The summed E-state index contributed by atoms with van der Waals surface area (Å²) in [6.07, 6.45) is 1.37. The smallest absolute Gasteiger partial charge is 0.129 e. The van der Waals surface area contributed by atoms with Gasteiger partial charge in [0.1, 0.15) is 11.5 Å². The summed E-state index contributed by atoms with van der Waals surface area (Å²) in [6, 6.07) is 6.49. The van der Waals surface area contributed by atoms with Crippen molar-refractivity contribution in [3.63, 3.8) is 0 Å². The lowest BCUT2D eigenvalue weighted by Gasteiger charge is -2.27. The molecule has 118 valence electrons. The van der Waals surface area contributed by atoms with Gasteiger partial charge in [-0.15, -0.1) is 0 Å². The highest BCUT2D eigenvalue weighted by molar-refractivity contribution is 5.75. The highest BCUT2D eigenvalue weighted by Crippen LogP contribution is 2.35. The van der Waals surface area contributed by atoms with Crippen molar-refractivity contribution in [2.75, 3.05) is 6.61 Å². The maximum atomic E-state index is 11.0. The molecule has 2 nitrogen and oxygen atoms in total. The normalized spacial score (nSPS) is 12.3. The predicted molar refractivity (Wildman–Crippen MR) is 89.3 cm³/mol. The molecule has 0 radical (unpaired) electrons. The SMILES string of the molecule is CC(=O)CCCOc1ccc(C(C)(C)C)cc1C(C)(C)C. The van der Waals surface area contributed by atoms with E-state index in [4.69, 9.17) is 4.74 Å². The topological polar surface area (TPSA) is 26.3 Å². The number of hydrogen-bond acceptors (Lipinski definition) is 2. The molecule has 1 rings (SSSR count). The summed E-state index contributed by atoms with van der Waals surface area (Å²) in [5.41, 5.74) is 2.73. The summed E-state index contributed by atoms with van der Waals surface area (Å²) in [6.45, 7) is 15.5. The Bertz CT molecular complexity index is 487. The van der Waals surface area contributed by atoms with E-state index in [1.165, 1.54) is 11.1 Å². The second-order valence-corrected chi connectivity index (χ2v) is 7.86. The predicted octanol–water partition coefficient (Wildman–Crippen LogP) is 5.03. The second-order valence-electron chi connectivity index (χ2n) is 7.86. The van der Waals surface area contributed by atoms with Crippen LogP contribution < -0.4 is 4.74 Å². The van der Waals surface area contributed by atoms with Crippen molar-refractivity contribution in [2.45, 2.75) is 72.1 Å². The Morgan fingerprint density at radius 2 is 1.67 bits per heavy atom. The van der Waals surface area contributed by atoms with E-state index >= 15 is 0 Å². The number of carbonyl (C=O) groups is 1. The largest absolute Gasteiger partial charge is 0.493 e. The highest BCUT2D eigenvalue weighted by atomic mass is 16.5. The number of hydrogen-bond donors (Lipinski definition) is 0. The van der Waals surface area contributed by atoms with Gasteiger partial charge in [0.05, 0.1) is 6.61 Å². The van der Waals surface area contributed by atoms with Crippen LogP contribution in [-0.4, -0.2) is 12.4 Å². The number of Topliss-reactive ketones (excluding diaryl/α,β-unsaturated/α-hetero) is 1. The Morgan fingerprint density at radius 3 is 2.14 bits per heavy atom. The first-order chi connectivity index (χ1) is 9.51. The van der Waals surface area contributed by atoms with Gasteiger partial charge >= 0.3 is 0 Å². The lowest BCUT2D eigenvalue weighted by Crippen LogP contribution is -2.18. The molecule has 0 unspecified atom stereocenters. The second kappa shape index (κ2) is 6.64. The molecule has 0 aromatic heterocycles. The Labute approximate surface area is 129 Å². The molecule has 1 aromatic rings. The van der Waals surface area contributed by atoms with Crippen molar-refractivity contribution in [3.8, 4) is 5.75 Å². The zero-order chi connectivity index (χ0) is 16.3. The van der Waals surface area contributed by atoms with Crippen LogP contribution in [0.25, 0.3) is 0 Å². The van der Waals surface area contributed by atoms with Gasteiger partial charge in [-0.25, -0.2) is 0 Å². The van der Waals surface area contributed by atoms with Crippen LogP contribution in [0.5, 0.6) is 5.75 Å². The molecule has 0 spiro atoms. The van der Waals surface area contributed by atoms with Crippen molar-refractivity contribution in [3.05, 3.63) is 29.3 Å². The molecule has 0 saturated carbocycles. The van der Waals surface area contributed by atoms with Gasteiger partial charge in [-0.1, -0.05) is 53.7 Å². The molecule has 0 heterocycles. The molecule has 0 aliphatic heterocycles. The Hall–Kier alpha value is -1.31. The molecule has 0 amide bonds. The lowest BCUT2D eigenvalue weighted by atomic mass is 9.80. The van der Waals surface area contributed by atoms with Gasteiger partial charge in [0, 0.05) is 6.42 Å². The molecule has 0 aliphatic carbocycles. The zero-order valence-corrected chi connectivity index (χ0v) is 14.7. The van der Waals surface area contributed by atoms with E-state index in [1.807, 2.05) is 0 Å². The standard InChI is InChI=1S/C19H30O2/c1-14(20)9-8-12-21-17-11-10-15(18(2,3)4)13-16(17)19(5,6)7/h10-11,13H,8-9,12H2,1-7H3. The Morgan fingerprint density at radius 1 is 1.05 bits per heavy atom. The Balaban J connectivity index is 2.96. The van der Waals surface area contributed by atoms with E-state index < -0.39 is 0 Å². The quantitative estimate of drug-likeness (QED) is 0.711. The van der Waals surface area contributed by atoms with E-state index in [0.717, 1.165) is 12.2 Å². The van der Waals surface area contributed by atoms with Gasteiger partial charge in [-0.2, -0.15) is 0 Å². The molecular weight excluding hydrogens is 260 g/mol. The zero-order valence-electron chi connectivity index (χ0n) is 14.7. The van der Waals surface area contributed by atoms with Crippen LogP contribution in [0.4, 0.5) is 0 Å². The van der Waals surface area contributed by atoms with Crippen molar-refractivity contribution < 1.29 is 9.53 Å². The summed E-state index contributed by atoms with van der Waals surface area (Å²) in [7, 11) is 0. The first-order valence-corrected chi connectivity index (χ1v) is 7.79. The van der Waals surface area contributed by atoms with Crippen molar-refractivity contribution in [1.29, 1.82) is 0 Å². The molecule has 0 bridgehead atoms. The Kier molecular flexibility index (Phi) is 5.61. The fourth-order valence-corrected chi connectivity index (χ4v) is 2.21. The number of benzene rings is 1. The molecule has 0 aliphatic rings. The molecule has 0 fully saturated rings. The fourth-order valence-electron chi connectivity index (χ4n) is 2.21. The number of carbonyl (C=O) groups excluding carboxylic acids is 1. The molecule has 0 N–H and O–H groups in total. The summed E-state index contributed by atoms with van der Waals surface area (Å²) < 4.78 is 5.93. The molecule has 0 saturated heterocycles. The van der Waals surface area contributed by atoms with Crippen molar-refractivity contribution >= 4 is 5.78 Å². The summed E-state index contributed by atoms with van der Waals surface area (Å²) in [5.74, 6) is 1.16. The number of ketones is 1. The van der Waals surface area contributed by atoms with Gasteiger partial charge in [0.15, 0.2) is 0 Å². The van der Waals surface area contributed by atoms with Crippen LogP contribution >= 0.6 is 0 Å². The lowest BCUT2D eigenvalue weighted by molar-refractivity contribution is -0.117. The monoisotopic (exact) mass is 290 g/mol. The van der Waals surface area contributed by atoms with Crippen LogP contribution in [0.3, 0.4) is 0 Å². The highest BCUT2D eigenvalue weighted by Gasteiger charge is 2.22. The minimum Gasteiger partial charge on any atom is -0.493 e. The van der Waals surface area contributed by atoms with Crippen LogP contribution in [0.1, 0.15) is 72.4 Å². The van der Waals surface area contributed by atoms with E-state index in [0.29, 0.717) is 13.0 Å². The maximum Gasteiger partial charge on any atom is 0.129 e. The van der Waals surface area contributed by atoms with E-state index in [2.05, 4.69) is 59.7 Å². The third-order valence-corrected chi connectivity index (χ3v) is 3.58. The molecule has 2 heteroatoms. The number of rotatable bonds is 5. The molecule has 0 atom stereocenters. The summed E-state index contributed by atoms with van der Waals surface area (Å²) in [5, 5.41) is 0. The van der Waals surface area contributed by atoms with Crippen LogP contribution in [0, 0.1) is 0 Å². The first kappa shape index (κ1) is 17.7. The van der Waals surface area contributed by atoms with E-state index in [-0.39, 0.29) is 16.6 Å². The van der Waals surface area contributed by atoms with Crippen molar-refractivity contribution in [1.82, 2.24) is 0 Å². The van der Waals surface area contributed by atoms with Gasteiger partial charge in [-0.05, 0) is 41.4 Å². The number of ether oxygens (including phenoxy) is 1. The summed E-state index contributed by atoms with van der Waals surface area (Å²) >= 11 is 0. The molecular formula is C19H30O2. The third kappa shape index (κ3) is 5.53. The first-order valence-electron chi connectivity index (χ1n) is 7.79. The van der Waals surface area contributed by atoms with Gasteiger partial charge in [-0.3, -0.25) is 0 Å². The van der Waals surface area contributed by atoms with Crippen molar-refractivity contribution in [2.24, 2.45) is 0 Å². The van der Waals surface area contributed by atoms with Gasteiger partial charge in [0.2, 0.25) is 0 Å². The maximum absolute atomic E-state index is 11.0. The average molecular weight is 290 g/mol. The minimum absolute atomic E-state index is 0.0389. The van der Waals surface area contributed by atoms with Gasteiger partial charge < -0.3 is 9.53 Å². The van der Waals surface area contributed by atoms with Crippen LogP contribution in [-0.2, 0) is 15.6 Å².